The Bertz CT molecular complexity index is 807. The third kappa shape index (κ3) is 4.73. The van der Waals surface area contributed by atoms with Crippen LogP contribution in [0.25, 0.3) is 0 Å². The van der Waals surface area contributed by atoms with Gasteiger partial charge in [-0.15, -0.1) is 13.2 Å². The lowest BCUT2D eigenvalue weighted by atomic mass is 10.3. The third-order valence-corrected chi connectivity index (χ3v) is 4.39. The van der Waals surface area contributed by atoms with Crippen LogP contribution in [0.4, 0.5) is 23.2 Å². The molecule has 23 heavy (non-hydrogen) atoms. The zero-order chi connectivity index (χ0) is 17.3. The van der Waals surface area contributed by atoms with E-state index in [4.69, 9.17) is 11.6 Å². The molecule has 0 radical (unpaired) electrons. The monoisotopic (exact) mass is 369 g/mol. The van der Waals surface area contributed by atoms with Gasteiger partial charge >= 0.3 is 6.36 Å². The standard InChI is InChI=1S/C13H8ClF4NO3S/c14-11-7-8(15)1-6-12(11)23(20,21)19-9-2-4-10(5-3-9)22-13(16,17)18/h1-7,19H. The van der Waals surface area contributed by atoms with Gasteiger partial charge in [-0.1, -0.05) is 11.6 Å². The molecule has 0 fully saturated rings. The molecule has 0 aromatic heterocycles. The normalized spacial score (nSPS) is 12.0. The highest BCUT2D eigenvalue weighted by Gasteiger charge is 2.31. The second-order valence-corrected chi connectivity index (χ2v) is 6.31. The van der Waals surface area contributed by atoms with Crippen LogP contribution in [0.15, 0.2) is 47.4 Å². The summed E-state index contributed by atoms with van der Waals surface area (Å²) < 4.78 is 79.0. The molecule has 0 aliphatic rings. The van der Waals surface area contributed by atoms with Crippen LogP contribution in [0.3, 0.4) is 0 Å². The first kappa shape index (κ1) is 17.4. The SMILES string of the molecule is O=S(=O)(Nc1ccc(OC(F)(F)F)cc1)c1ccc(F)cc1Cl. The van der Waals surface area contributed by atoms with E-state index in [1.54, 1.807) is 0 Å². The Hall–Kier alpha value is -2.00. The smallest absolute Gasteiger partial charge is 0.406 e. The maximum absolute atomic E-state index is 12.9. The van der Waals surface area contributed by atoms with E-state index in [0.29, 0.717) is 0 Å². The molecule has 0 aliphatic heterocycles. The zero-order valence-electron chi connectivity index (χ0n) is 11.1. The quantitative estimate of drug-likeness (QED) is 0.823. The van der Waals surface area contributed by atoms with Crippen LogP contribution in [-0.2, 0) is 10.0 Å². The molecule has 4 nitrogen and oxygen atoms in total. The fraction of sp³-hybridized carbons (Fsp3) is 0.0769. The highest BCUT2D eigenvalue weighted by molar-refractivity contribution is 7.92. The predicted molar refractivity (Wildman–Crippen MR) is 75.3 cm³/mol. The predicted octanol–water partition coefficient (Wildman–Crippen LogP) is 4.18. The van der Waals surface area contributed by atoms with Crippen LogP contribution in [0.1, 0.15) is 0 Å². The fourth-order valence-electron chi connectivity index (χ4n) is 1.63. The van der Waals surface area contributed by atoms with E-state index in [1.165, 1.54) is 0 Å². The molecular formula is C13H8ClF4NO3S. The van der Waals surface area contributed by atoms with Crippen molar-refractivity contribution in [3.8, 4) is 5.75 Å². The fourth-order valence-corrected chi connectivity index (χ4v) is 3.22. The molecule has 0 atom stereocenters. The lowest BCUT2D eigenvalue weighted by Crippen LogP contribution is -2.17. The molecule has 0 bridgehead atoms. The van der Waals surface area contributed by atoms with Gasteiger partial charge in [0.25, 0.3) is 10.0 Å². The van der Waals surface area contributed by atoms with Crippen LogP contribution in [0.5, 0.6) is 5.75 Å². The number of nitrogens with one attached hydrogen (secondary N) is 1. The highest BCUT2D eigenvalue weighted by atomic mass is 35.5. The Kier molecular flexibility index (Phi) is 4.71. The average molecular weight is 370 g/mol. The number of sulfonamides is 1. The largest absolute Gasteiger partial charge is 0.573 e. The number of hydrogen-bond donors (Lipinski definition) is 1. The molecule has 2 rings (SSSR count). The van der Waals surface area contributed by atoms with Crippen molar-refractivity contribution in [3.05, 3.63) is 53.3 Å². The summed E-state index contributed by atoms with van der Waals surface area (Å²) in [4.78, 5) is -0.365. The van der Waals surface area contributed by atoms with E-state index in [2.05, 4.69) is 9.46 Å². The molecule has 0 saturated carbocycles. The zero-order valence-corrected chi connectivity index (χ0v) is 12.6. The molecular weight excluding hydrogens is 362 g/mol. The van der Waals surface area contributed by atoms with Crippen LogP contribution in [-0.4, -0.2) is 14.8 Å². The van der Waals surface area contributed by atoms with Crippen LogP contribution < -0.4 is 9.46 Å². The minimum Gasteiger partial charge on any atom is -0.406 e. The van der Waals surface area contributed by atoms with Gasteiger partial charge in [0, 0.05) is 5.69 Å². The Labute approximate surface area is 133 Å². The average Bonchev–Trinajstić information content (AvgIpc) is 2.38. The first-order valence-electron chi connectivity index (χ1n) is 5.90. The van der Waals surface area contributed by atoms with Crippen LogP contribution >= 0.6 is 11.6 Å². The molecule has 1 N–H and O–H groups in total. The molecule has 0 spiro atoms. The van der Waals surface area contributed by atoms with E-state index < -0.39 is 28.0 Å². The van der Waals surface area contributed by atoms with E-state index in [0.717, 1.165) is 42.5 Å². The van der Waals surface area contributed by atoms with Gasteiger partial charge in [-0.2, -0.15) is 0 Å². The molecule has 2 aromatic rings. The van der Waals surface area contributed by atoms with Gasteiger partial charge in [0.05, 0.1) is 5.02 Å². The molecule has 0 unspecified atom stereocenters. The minimum atomic E-state index is -4.84. The second-order valence-electron chi connectivity index (χ2n) is 4.25. The van der Waals surface area contributed by atoms with Crippen molar-refractivity contribution >= 4 is 27.3 Å². The molecule has 10 heteroatoms. The number of benzene rings is 2. The van der Waals surface area contributed by atoms with Crippen LogP contribution in [0.2, 0.25) is 5.02 Å². The van der Waals surface area contributed by atoms with Gasteiger partial charge in [-0.05, 0) is 42.5 Å². The van der Waals surface area contributed by atoms with Gasteiger partial charge in [0.1, 0.15) is 16.5 Å². The Balaban J connectivity index is 2.21. The summed E-state index contributed by atoms with van der Waals surface area (Å²) in [6.07, 6.45) is -4.84. The molecule has 0 aliphatic carbocycles. The topological polar surface area (TPSA) is 55.4 Å². The maximum Gasteiger partial charge on any atom is 0.573 e. The van der Waals surface area contributed by atoms with E-state index in [9.17, 15) is 26.0 Å². The van der Waals surface area contributed by atoms with Crippen LogP contribution in [0, 0.1) is 5.82 Å². The van der Waals surface area contributed by atoms with E-state index >= 15 is 0 Å². The maximum atomic E-state index is 12.9. The summed E-state index contributed by atoms with van der Waals surface area (Å²) in [5.74, 6) is -1.21. The van der Waals surface area contributed by atoms with Gasteiger partial charge < -0.3 is 4.74 Å². The molecule has 0 heterocycles. The summed E-state index contributed by atoms with van der Waals surface area (Å²) >= 11 is 5.67. The Morgan fingerprint density at radius 1 is 1.04 bits per heavy atom. The van der Waals surface area contributed by atoms with Gasteiger partial charge in [0.2, 0.25) is 0 Å². The minimum absolute atomic E-state index is 0.0140. The number of alkyl halides is 3. The lowest BCUT2D eigenvalue weighted by Gasteiger charge is -2.11. The van der Waals surface area contributed by atoms with Crippen molar-refractivity contribution in [3.63, 3.8) is 0 Å². The number of ether oxygens (including phenoxy) is 1. The van der Waals surface area contributed by atoms with Crippen molar-refractivity contribution in [2.45, 2.75) is 11.3 Å². The first-order chi connectivity index (χ1) is 10.6. The molecule has 0 saturated heterocycles. The van der Waals surface area contributed by atoms with E-state index in [-0.39, 0.29) is 15.6 Å². The first-order valence-corrected chi connectivity index (χ1v) is 7.77. The molecule has 0 amide bonds. The number of halogens is 5. The second kappa shape index (κ2) is 6.25. The summed E-state index contributed by atoms with van der Waals surface area (Å²) in [7, 11) is -4.12. The van der Waals surface area contributed by atoms with Gasteiger partial charge in [0.15, 0.2) is 0 Å². The lowest BCUT2D eigenvalue weighted by molar-refractivity contribution is -0.274. The number of anilines is 1. The highest BCUT2D eigenvalue weighted by Crippen LogP contribution is 2.27. The van der Waals surface area contributed by atoms with Crippen molar-refractivity contribution in [2.24, 2.45) is 0 Å². The summed E-state index contributed by atoms with van der Waals surface area (Å²) in [5.41, 5.74) is -0.0140. The van der Waals surface area contributed by atoms with Gasteiger partial charge in [-0.25, -0.2) is 12.8 Å². The van der Waals surface area contributed by atoms with Crippen molar-refractivity contribution < 1.29 is 30.7 Å². The third-order valence-electron chi connectivity index (χ3n) is 2.52. The summed E-state index contributed by atoms with van der Waals surface area (Å²) in [5, 5.41) is -0.325. The number of hydrogen-bond acceptors (Lipinski definition) is 3. The van der Waals surface area contributed by atoms with Crippen molar-refractivity contribution in [2.75, 3.05) is 4.72 Å². The Morgan fingerprint density at radius 2 is 1.65 bits per heavy atom. The Morgan fingerprint density at radius 3 is 2.17 bits per heavy atom. The van der Waals surface area contributed by atoms with Crippen molar-refractivity contribution in [1.82, 2.24) is 0 Å². The van der Waals surface area contributed by atoms with E-state index in [1.807, 2.05) is 0 Å². The van der Waals surface area contributed by atoms with Gasteiger partial charge in [-0.3, -0.25) is 4.72 Å². The molecule has 2 aromatic carbocycles. The summed E-state index contributed by atoms with van der Waals surface area (Å²) in [6, 6.07) is 6.76. The molecule has 124 valence electrons. The number of rotatable bonds is 4. The van der Waals surface area contributed by atoms with Crippen molar-refractivity contribution in [1.29, 1.82) is 0 Å². The summed E-state index contributed by atoms with van der Waals surface area (Å²) in [6.45, 7) is 0.